The first-order valence-corrected chi connectivity index (χ1v) is 20.0. The van der Waals surface area contributed by atoms with Crippen molar-refractivity contribution in [1.29, 1.82) is 0 Å². The molecule has 11 rings (SSSR count). The molecule has 10 aromatic carbocycles. The smallest absolute Gasteiger partial charge is 0.0555 e. The normalized spacial score (nSPS) is 11.6. The zero-order valence-electron chi connectivity index (χ0n) is 30.6. The van der Waals surface area contributed by atoms with Crippen molar-refractivity contribution >= 4 is 80.9 Å². The molecule has 0 saturated heterocycles. The lowest BCUT2D eigenvalue weighted by Crippen LogP contribution is -2.10. The molecular weight excluding hydrogens is 695 g/mol. The van der Waals surface area contributed by atoms with Crippen LogP contribution in [0.2, 0.25) is 0 Å². The highest BCUT2D eigenvalue weighted by Gasteiger charge is 2.21. The summed E-state index contributed by atoms with van der Waals surface area (Å²) in [5, 5.41) is 10.1. The molecule has 11 aromatic rings. The van der Waals surface area contributed by atoms with Gasteiger partial charge in [-0.25, -0.2) is 0 Å². The lowest BCUT2D eigenvalue weighted by Gasteiger charge is -2.28. The van der Waals surface area contributed by atoms with E-state index in [4.69, 9.17) is 0 Å². The number of fused-ring (bicyclic) bond motifs is 7. The maximum Gasteiger partial charge on any atom is 0.0555 e. The molecule has 56 heavy (non-hydrogen) atoms. The fraction of sp³-hybridized carbons (Fsp3) is 0. The van der Waals surface area contributed by atoms with Gasteiger partial charge in [0.1, 0.15) is 0 Å². The van der Waals surface area contributed by atoms with Crippen LogP contribution in [0.25, 0.3) is 85.9 Å². The van der Waals surface area contributed by atoms with Gasteiger partial charge in [0.05, 0.1) is 11.4 Å². The van der Waals surface area contributed by atoms with E-state index in [9.17, 15) is 0 Å². The molecule has 0 aliphatic heterocycles. The summed E-state index contributed by atoms with van der Waals surface area (Å²) in [6, 6.07) is 77.7. The molecule has 0 atom stereocenters. The van der Waals surface area contributed by atoms with Crippen LogP contribution in [0.3, 0.4) is 0 Å². The second kappa shape index (κ2) is 13.4. The highest BCUT2D eigenvalue weighted by Crippen LogP contribution is 2.48. The van der Waals surface area contributed by atoms with E-state index >= 15 is 0 Å². The second-order valence-electron chi connectivity index (χ2n) is 14.4. The van der Waals surface area contributed by atoms with Crippen LogP contribution in [0, 0.1) is 0 Å². The average Bonchev–Trinajstić information content (AvgIpc) is 3.66. The fourth-order valence-electron chi connectivity index (χ4n) is 8.74. The molecule has 0 unspecified atom stereocenters. The van der Waals surface area contributed by atoms with Gasteiger partial charge >= 0.3 is 0 Å². The topological polar surface area (TPSA) is 3.24 Å². The lowest BCUT2D eigenvalue weighted by molar-refractivity contribution is 1.32. The maximum absolute atomic E-state index is 2.46. The second-order valence-corrected chi connectivity index (χ2v) is 15.5. The van der Waals surface area contributed by atoms with Crippen LogP contribution in [0.5, 0.6) is 0 Å². The van der Waals surface area contributed by atoms with Crippen LogP contribution in [-0.2, 0) is 0 Å². The largest absolute Gasteiger partial charge is 0.309 e. The van der Waals surface area contributed by atoms with Crippen molar-refractivity contribution in [3.63, 3.8) is 0 Å². The minimum absolute atomic E-state index is 1.12. The highest BCUT2D eigenvalue weighted by atomic mass is 32.1. The van der Waals surface area contributed by atoms with Crippen molar-refractivity contribution in [3.8, 4) is 33.4 Å². The zero-order valence-corrected chi connectivity index (χ0v) is 31.4. The number of rotatable bonds is 6. The molecule has 1 aromatic heterocycles. The molecule has 0 spiro atoms. The van der Waals surface area contributed by atoms with Crippen LogP contribution >= 0.6 is 11.3 Å². The quantitative estimate of drug-likeness (QED) is 0.154. The number of benzene rings is 10. The Labute approximate surface area is 330 Å². The molecule has 262 valence electrons. The standard InChI is InChI=1S/C54H35NS/c1-3-16-38(17-4-1)52-45-23-10-9-22-43(45)44-34-31-40(35-47(44)53(52)39-18-5-2-6-19-39)36-29-32-41(33-30-36)55(48-25-13-20-37-15-7-8-21-42(37)48)49-26-14-28-51-54(49)46-24-11-12-27-50(46)56-51/h1-35H. The van der Waals surface area contributed by atoms with Gasteiger partial charge in [0.15, 0.2) is 0 Å². The van der Waals surface area contributed by atoms with E-state index < -0.39 is 0 Å². The SMILES string of the molecule is c1ccc(-c2c(-c3ccccc3)c3cc(-c4ccc(N(c5cccc6ccccc56)c5cccc6sc7ccccc7c56)cc4)ccc3c3ccccc23)cc1. The number of nitrogens with zero attached hydrogens (tertiary/aromatic N) is 1. The lowest BCUT2D eigenvalue weighted by atomic mass is 9.84. The molecule has 0 saturated carbocycles. The van der Waals surface area contributed by atoms with Gasteiger partial charge < -0.3 is 4.90 Å². The monoisotopic (exact) mass is 729 g/mol. The third-order valence-electron chi connectivity index (χ3n) is 11.2. The summed E-state index contributed by atoms with van der Waals surface area (Å²) < 4.78 is 2.59. The molecule has 2 heteroatoms. The molecule has 0 bridgehead atoms. The third kappa shape index (κ3) is 5.30. The predicted molar refractivity (Wildman–Crippen MR) is 243 cm³/mol. The number of thiophene rings is 1. The molecule has 0 aliphatic carbocycles. The molecular formula is C54H35NS. The zero-order chi connectivity index (χ0) is 37.0. The third-order valence-corrected chi connectivity index (χ3v) is 12.4. The van der Waals surface area contributed by atoms with Gasteiger partial charge in [0.2, 0.25) is 0 Å². The van der Waals surface area contributed by atoms with Crippen LogP contribution in [0.4, 0.5) is 17.1 Å². The molecule has 1 heterocycles. The summed E-state index contributed by atoms with van der Waals surface area (Å²) in [6.07, 6.45) is 0. The van der Waals surface area contributed by atoms with Crippen LogP contribution < -0.4 is 4.90 Å². The highest BCUT2D eigenvalue weighted by molar-refractivity contribution is 7.26. The summed E-state index contributed by atoms with van der Waals surface area (Å²) in [5.74, 6) is 0. The Balaban J connectivity index is 1.12. The van der Waals surface area contributed by atoms with Gasteiger partial charge in [-0.2, -0.15) is 0 Å². The van der Waals surface area contributed by atoms with E-state index in [0.717, 1.165) is 11.4 Å². The van der Waals surface area contributed by atoms with Gasteiger partial charge in [0.25, 0.3) is 0 Å². The summed E-state index contributed by atoms with van der Waals surface area (Å²) in [5.41, 5.74) is 10.8. The van der Waals surface area contributed by atoms with Crippen molar-refractivity contribution < 1.29 is 0 Å². The van der Waals surface area contributed by atoms with Gasteiger partial charge in [-0.3, -0.25) is 0 Å². The minimum atomic E-state index is 1.12. The maximum atomic E-state index is 2.46. The van der Waals surface area contributed by atoms with Gasteiger partial charge in [-0.05, 0) is 103 Å². The average molecular weight is 730 g/mol. The fourth-order valence-corrected chi connectivity index (χ4v) is 9.86. The molecule has 0 N–H and O–H groups in total. The first-order valence-electron chi connectivity index (χ1n) is 19.2. The van der Waals surface area contributed by atoms with E-state index in [1.54, 1.807) is 0 Å². The van der Waals surface area contributed by atoms with Crippen molar-refractivity contribution in [2.24, 2.45) is 0 Å². The minimum Gasteiger partial charge on any atom is -0.309 e. The van der Waals surface area contributed by atoms with Crippen molar-refractivity contribution in [2.75, 3.05) is 4.90 Å². The number of anilines is 3. The van der Waals surface area contributed by atoms with Crippen LogP contribution in [0.1, 0.15) is 0 Å². The van der Waals surface area contributed by atoms with Crippen molar-refractivity contribution in [1.82, 2.24) is 0 Å². The van der Waals surface area contributed by atoms with E-state index in [1.807, 2.05) is 11.3 Å². The Morgan fingerprint density at radius 1 is 0.304 bits per heavy atom. The van der Waals surface area contributed by atoms with E-state index in [0.29, 0.717) is 0 Å². The Morgan fingerprint density at radius 2 is 0.839 bits per heavy atom. The first-order chi connectivity index (χ1) is 27.8. The van der Waals surface area contributed by atoms with E-state index in [-0.39, 0.29) is 0 Å². The molecule has 0 aliphatic rings. The van der Waals surface area contributed by atoms with Crippen molar-refractivity contribution in [2.45, 2.75) is 0 Å². The van der Waals surface area contributed by atoms with Crippen molar-refractivity contribution in [3.05, 3.63) is 212 Å². The van der Waals surface area contributed by atoms with Gasteiger partial charge in [0, 0.05) is 31.2 Å². The van der Waals surface area contributed by atoms with E-state index in [1.165, 1.54) is 91.6 Å². The Bertz CT molecular complexity index is 3230. The van der Waals surface area contributed by atoms with Crippen LogP contribution in [0.15, 0.2) is 212 Å². The molecule has 0 fully saturated rings. The molecule has 0 radical (unpaired) electrons. The number of hydrogen-bond donors (Lipinski definition) is 0. The summed E-state index contributed by atoms with van der Waals surface area (Å²) in [7, 11) is 0. The van der Waals surface area contributed by atoms with E-state index in [2.05, 4.69) is 217 Å². The summed E-state index contributed by atoms with van der Waals surface area (Å²) in [4.78, 5) is 2.46. The Morgan fingerprint density at radius 3 is 1.61 bits per heavy atom. The van der Waals surface area contributed by atoms with Gasteiger partial charge in [-0.15, -0.1) is 11.3 Å². The molecule has 0 amide bonds. The van der Waals surface area contributed by atoms with Crippen LogP contribution in [-0.4, -0.2) is 0 Å². The Hall–Kier alpha value is -7.00. The summed E-state index contributed by atoms with van der Waals surface area (Å²) in [6.45, 7) is 0. The summed E-state index contributed by atoms with van der Waals surface area (Å²) >= 11 is 1.86. The Kier molecular flexibility index (Phi) is 7.75. The van der Waals surface area contributed by atoms with Gasteiger partial charge in [-0.1, -0.05) is 170 Å². The number of hydrogen-bond acceptors (Lipinski definition) is 2. The predicted octanol–water partition coefficient (Wildman–Crippen LogP) is 16.0. The first kappa shape index (κ1) is 32.4. The molecule has 1 nitrogen and oxygen atoms in total.